The highest BCUT2D eigenvalue weighted by Gasteiger charge is 2.22. The number of nitrogens with one attached hydrogen (secondary N) is 2. The van der Waals surface area contributed by atoms with Crippen LogP contribution in [0.15, 0.2) is 36.6 Å². The molecule has 0 aromatic heterocycles. The average Bonchev–Trinajstić information content (AvgIpc) is 2.67. The Kier molecular flexibility index (Phi) is 4.20. The zero-order valence-electron chi connectivity index (χ0n) is 9.90. The number of imide groups is 1. The van der Waals surface area contributed by atoms with Gasteiger partial charge in [0.1, 0.15) is 18.1 Å². The van der Waals surface area contributed by atoms with Crippen LogP contribution in [-0.4, -0.2) is 18.5 Å². The predicted octanol–water partition coefficient (Wildman–Crippen LogP) is 2.04. The van der Waals surface area contributed by atoms with E-state index in [4.69, 9.17) is 4.74 Å². The van der Waals surface area contributed by atoms with Crippen molar-refractivity contribution in [2.75, 3.05) is 6.61 Å². The summed E-state index contributed by atoms with van der Waals surface area (Å²) in [6.07, 6.45) is 3.28. The molecule has 0 unspecified atom stereocenters. The lowest BCUT2D eigenvalue weighted by atomic mass is 10.2. The molecule has 1 aliphatic heterocycles. The van der Waals surface area contributed by atoms with Crippen molar-refractivity contribution in [2.45, 2.75) is 0 Å². The maximum Gasteiger partial charge on any atom is 0.326 e. The third-order valence-electron chi connectivity index (χ3n) is 2.34. The largest absolute Gasteiger partial charge is 0.488 e. The lowest BCUT2D eigenvalue weighted by Gasteiger charge is -2.06. The van der Waals surface area contributed by atoms with Crippen LogP contribution in [0.4, 0.5) is 4.79 Å². The fourth-order valence-corrected chi connectivity index (χ4v) is 2.22. The number of urea groups is 1. The quantitative estimate of drug-likeness (QED) is 0.369. The van der Waals surface area contributed by atoms with E-state index in [1.54, 1.807) is 12.2 Å². The maximum atomic E-state index is 11.4. The molecule has 0 radical (unpaired) electrons. The monoisotopic (exact) mass is 370 g/mol. The summed E-state index contributed by atoms with van der Waals surface area (Å²) in [5, 5.41) is 4.58. The van der Waals surface area contributed by atoms with Gasteiger partial charge >= 0.3 is 6.03 Å². The molecule has 3 amide bonds. The van der Waals surface area contributed by atoms with E-state index in [9.17, 15) is 9.59 Å². The number of halogens is 1. The van der Waals surface area contributed by atoms with Crippen molar-refractivity contribution in [1.82, 2.24) is 10.6 Å². The van der Waals surface area contributed by atoms with Gasteiger partial charge in [-0.15, -0.1) is 0 Å². The first-order valence-electron chi connectivity index (χ1n) is 5.47. The summed E-state index contributed by atoms with van der Waals surface area (Å²) in [4.78, 5) is 22.4. The van der Waals surface area contributed by atoms with Crippen molar-refractivity contribution in [3.63, 3.8) is 0 Å². The van der Waals surface area contributed by atoms with Gasteiger partial charge in [-0.25, -0.2) is 4.79 Å². The number of hydrogen-bond acceptors (Lipinski definition) is 3. The smallest absolute Gasteiger partial charge is 0.326 e. The summed E-state index contributed by atoms with van der Waals surface area (Å²) in [5.41, 5.74) is 1.04. The minimum Gasteiger partial charge on any atom is -0.488 e. The summed E-state index contributed by atoms with van der Waals surface area (Å²) < 4.78 is 6.37. The summed E-state index contributed by atoms with van der Waals surface area (Å²) in [7, 11) is 0. The Morgan fingerprint density at radius 3 is 2.68 bits per heavy atom. The fourth-order valence-electron chi connectivity index (χ4n) is 1.52. The second kappa shape index (κ2) is 5.87. The molecule has 1 fully saturated rings. The molecular weight excluding hydrogens is 359 g/mol. The van der Waals surface area contributed by atoms with Gasteiger partial charge in [-0.05, 0) is 46.4 Å². The fraction of sp³-hybridized carbons (Fsp3) is 0.0769. The lowest BCUT2D eigenvalue weighted by Crippen LogP contribution is -2.22. The Balaban J connectivity index is 2.20. The molecule has 98 valence electrons. The van der Waals surface area contributed by atoms with Gasteiger partial charge in [0.15, 0.2) is 0 Å². The van der Waals surface area contributed by atoms with Crippen LogP contribution < -0.4 is 15.4 Å². The number of rotatable bonds is 4. The molecule has 0 spiro atoms. The molecule has 19 heavy (non-hydrogen) atoms. The topological polar surface area (TPSA) is 67.4 Å². The third kappa shape index (κ3) is 3.34. The van der Waals surface area contributed by atoms with Crippen LogP contribution in [-0.2, 0) is 4.79 Å². The first-order valence-corrected chi connectivity index (χ1v) is 6.55. The molecule has 2 rings (SSSR count). The van der Waals surface area contributed by atoms with Crippen LogP contribution in [0.2, 0.25) is 0 Å². The molecule has 6 heteroatoms. The van der Waals surface area contributed by atoms with Gasteiger partial charge in [0, 0.05) is 0 Å². The highest BCUT2D eigenvalue weighted by atomic mass is 127. The van der Waals surface area contributed by atoms with Gasteiger partial charge in [-0.1, -0.05) is 18.7 Å². The highest BCUT2D eigenvalue weighted by Crippen LogP contribution is 2.23. The SMILES string of the molecule is C=CCOc1ccc(/C=C2/NC(=O)NC2=O)cc1I. The predicted molar refractivity (Wildman–Crippen MR) is 79.5 cm³/mol. The van der Waals surface area contributed by atoms with Gasteiger partial charge in [-0.2, -0.15) is 0 Å². The Morgan fingerprint density at radius 1 is 1.32 bits per heavy atom. The van der Waals surface area contributed by atoms with Gasteiger partial charge in [0.25, 0.3) is 5.91 Å². The zero-order valence-corrected chi connectivity index (χ0v) is 12.1. The van der Waals surface area contributed by atoms with E-state index in [-0.39, 0.29) is 5.70 Å². The summed E-state index contributed by atoms with van der Waals surface area (Å²) >= 11 is 2.15. The first kappa shape index (κ1) is 13.6. The van der Waals surface area contributed by atoms with Crippen LogP contribution in [0.25, 0.3) is 6.08 Å². The standard InChI is InChI=1S/C13H11IN2O3/c1-2-5-19-11-4-3-8(6-9(11)14)7-10-12(17)16-13(18)15-10/h2-4,6-7H,1,5H2,(H2,15,16,17,18)/b10-7+. The number of carbonyl (C=O) groups is 2. The average molecular weight is 370 g/mol. The molecule has 1 saturated heterocycles. The van der Waals surface area contributed by atoms with Gasteiger partial charge in [0.2, 0.25) is 0 Å². The summed E-state index contributed by atoms with van der Waals surface area (Å²) in [6, 6.07) is 4.98. The van der Waals surface area contributed by atoms with E-state index in [0.29, 0.717) is 6.61 Å². The minimum absolute atomic E-state index is 0.237. The molecule has 1 aromatic carbocycles. The molecule has 1 heterocycles. The van der Waals surface area contributed by atoms with Crippen LogP contribution in [0.3, 0.4) is 0 Å². The van der Waals surface area contributed by atoms with Gasteiger partial charge in [-0.3, -0.25) is 10.1 Å². The Labute approximate surface area is 123 Å². The zero-order chi connectivity index (χ0) is 13.8. The number of hydrogen-bond donors (Lipinski definition) is 2. The first-order chi connectivity index (χ1) is 9.10. The van der Waals surface area contributed by atoms with Crippen LogP contribution >= 0.6 is 22.6 Å². The van der Waals surface area contributed by atoms with Gasteiger partial charge in [0.05, 0.1) is 3.57 Å². The normalized spacial score (nSPS) is 16.2. The highest BCUT2D eigenvalue weighted by molar-refractivity contribution is 14.1. The second-order valence-electron chi connectivity index (χ2n) is 3.76. The molecule has 0 atom stereocenters. The minimum atomic E-state index is -0.503. The molecule has 0 bridgehead atoms. The maximum absolute atomic E-state index is 11.4. The molecule has 1 aromatic rings. The third-order valence-corrected chi connectivity index (χ3v) is 3.19. The molecule has 1 aliphatic rings. The van der Waals surface area contributed by atoms with Crippen molar-refractivity contribution in [3.05, 3.63) is 45.7 Å². The van der Waals surface area contributed by atoms with Crippen molar-refractivity contribution in [2.24, 2.45) is 0 Å². The molecular formula is C13H11IN2O3. The molecule has 2 N–H and O–H groups in total. The Morgan fingerprint density at radius 2 is 2.11 bits per heavy atom. The second-order valence-corrected chi connectivity index (χ2v) is 4.92. The van der Waals surface area contributed by atoms with E-state index < -0.39 is 11.9 Å². The van der Waals surface area contributed by atoms with E-state index in [1.807, 2.05) is 18.2 Å². The van der Waals surface area contributed by atoms with Crippen molar-refractivity contribution < 1.29 is 14.3 Å². The van der Waals surface area contributed by atoms with Crippen LogP contribution in [0, 0.1) is 3.57 Å². The molecule has 0 aliphatic carbocycles. The van der Waals surface area contributed by atoms with E-state index in [2.05, 4.69) is 39.8 Å². The van der Waals surface area contributed by atoms with Crippen molar-refractivity contribution >= 4 is 40.6 Å². The molecule has 0 saturated carbocycles. The van der Waals surface area contributed by atoms with Crippen molar-refractivity contribution in [3.8, 4) is 5.75 Å². The van der Waals surface area contributed by atoms with Crippen molar-refractivity contribution in [1.29, 1.82) is 0 Å². The number of amides is 3. The molecule has 5 nitrogen and oxygen atoms in total. The van der Waals surface area contributed by atoms with Gasteiger partial charge < -0.3 is 10.1 Å². The van der Waals surface area contributed by atoms with E-state index >= 15 is 0 Å². The number of carbonyl (C=O) groups excluding carboxylic acids is 2. The van der Waals surface area contributed by atoms with Crippen LogP contribution in [0.1, 0.15) is 5.56 Å². The number of ether oxygens (including phenoxy) is 1. The Hall–Kier alpha value is -1.83. The number of benzene rings is 1. The summed E-state index contributed by atoms with van der Waals surface area (Å²) in [5.74, 6) is 0.328. The van der Waals surface area contributed by atoms with E-state index in [0.717, 1.165) is 14.9 Å². The van der Waals surface area contributed by atoms with Crippen LogP contribution in [0.5, 0.6) is 5.75 Å². The lowest BCUT2D eigenvalue weighted by molar-refractivity contribution is -0.115. The Bertz CT molecular complexity index is 581. The summed E-state index contributed by atoms with van der Waals surface area (Å²) in [6.45, 7) is 4.02. The van der Waals surface area contributed by atoms with E-state index in [1.165, 1.54) is 0 Å².